The molecule has 0 spiro atoms. The molecule has 0 bridgehead atoms. The van der Waals surface area contributed by atoms with E-state index in [1.807, 2.05) is 0 Å². The topological polar surface area (TPSA) is 72.9 Å². The Balaban J connectivity index is 1.85. The Morgan fingerprint density at radius 1 is 1.40 bits per heavy atom. The van der Waals surface area contributed by atoms with Gasteiger partial charge in [0.2, 0.25) is 0 Å². The number of hydrogen-bond donors (Lipinski definition) is 2. The van der Waals surface area contributed by atoms with Gasteiger partial charge in [-0.1, -0.05) is 6.92 Å². The van der Waals surface area contributed by atoms with Gasteiger partial charge in [-0.25, -0.2) is 9.59 Å². The molecule has 2 fully saturated rings. The molecule has 2 unspecified atom stereocenters. The molecular weight excluding hydrogens is 278 g/mol. The normalized spacial score (nSPS) is 27.6. The summed E-state index contributed by atoms with van der Waals surface area (Å²) in [6.07, 6.45) is 2.28. The van der Waals surface area contributed by atoms with Crippen molar-refractivity contribution in [2.45, 2.75) is 31.8 Å². The maximum Gasteiger partial charge on any atom is 0.327 e. The number of carboxylic acids is 1. The van der Waals surface area contributed by atoms with Crippen molar-refractivity contribution in [3.63, 3.8) is 0 Å². The van der Waals surface area contributed by atoms with Crippen molar-refractivity contribution in [3.05, 3.63) is 0 Å². The first-order valence-corrected chi connectivity index (χ1v) is 8.38. The van der Waals surface area contributed by atoms with Gasteiger partial charge in [-0.3, -0.25) is 4.90 Å². The first kappa shape index (κ1) is 15.4. The number of hydrogen-bond acceptors (Lipinski definition) is 4. The molecule has 2 heterocycles. The molecule has 0 saturated carbocycles. The summed E-state index contributed by atoms with van der Waals surface area (Å²) in [5, 5.41) is 12.1. The van der Waals surface area contributed by atoms with Crippen LogP contribution in [0.15, 0.2) is 0 Å². The van der Waals surface area contributed by atoms with Crippen molar-refractivity contribution >= 4 is 23.8 Å². The summed E-state index contributed by atoms with van der Waals surface area (Å²) < 4.78 is 0. The Morgan fingerprint density at radius 2 is 2.20 bits per heavy atom. The summed E-state index contributed by atoms with van der Waals surface area (Å²) in [6, 6.07) is -0.536. The van der Waals surface area contributed by atoms with E-state index in [1.165, 1.54) is 11.3 Å². The lowest BCUT2D eigenvalue weighted by Crippen LogP contribution is -2.55. The Labute approximate surface area is 123 Å². The molecule has 0 aromatic rings. The van der Waals surface area contributed by atoms with Crippen molar-refractivity contribution in [2.75, 3.05) is 37.7 Å². The van der Waals surface area contributed by atoms with Gasteiger partial charge in [-0.2, -0.15) is 11.8 Å². The zero-order valence-electron chi connectivity index (χ0n) is 11.9. The number of likely N-dealkylation sites (N-methyl/N-ethyl adjacent to an activating group) is 1. The molecule has 2 rings (SSSR count). The van der Waals surface area contributed by atoms with Gasteiger partial charge in [0.1, 0.15) is 6.04 Å². The molecular formula is C13H23N3O3S. The Hall–Kier alpha value is -0.950. The second kappa shape index (κ2) is 7.17. The van der Waals surface area contributed by atoms with Gasteiger partial charge >= 0.3 is 12.0 Å². The number of carbonyl (C=O) groups is 2. The summed E-state index contributed by atoms with van der Waals surface area (Å²) in [6.45, 7) is 5.34. The first-order valence-electron chi connectivity index (χ1n) is 7.22. The van der Waals surface area contributed by atoms with E-state index < -0.39 is 12.0 Å². The molecule has 2 atom stereocenters. The third kappa shape index (κ3) is 3.58. The molecule has 0 radical (unpaired) electrons. The number of carbonyl (C=O) groups excluding carboxylic acids is 1. The third-order valence-electron chi connectivity index (χ3n) is 4.07. The molecule has 7 heteroatoms. The van der Waals surface area contributed by atoms with Crippen LogP contribution in [-0.2, 0) is 4.79 Å². The van der Waals surface area contributed by atoms with Crippen molar-refractivity contribution in [1.29, 1.82) is 0 Å². The van der Waals surface area contributed by atoms with E-state index in [2.05, 4.69) is 17.1 Å². The summed E-state index contributed by atoms with van der Waals surface area (Å²) in [5.74, 6) is 0.373. The molecule has 114 valence electrons. The number of nitrogens with one attached hydrogen (secondary N) is 1. The van der Waals surface area contributed by atoms with Gasteiger partial charge in [0, 0.05) is 30.6 Å². The number of carboxylic acid groups (broad SMARTS) is 1. The minimum atomic E-state index is -0.914. The van der Waals surface area contributed by atoms with Crippen molar-refractivity contribution in [1.82, 2.24) is 15.1 Å². The van der Waals surface area contributed by atoms with Crippen LogP contribution in [0.25, 0.3) is 0 Å². The maximum atomic E-state index is 12.2. The number of rotatable bonds is 4. The molecule has 2 amide bonds. The number of amides is 2. The molecule has 2 saturated heterocycles. The lowest BCUT2D eigenvalue weighted by Gasteiger charge is -2.33. The predicted molar refractivity (Wildman–Crippen MR) is 79.1 cm³/mol. The fourth-order valence-corrected chi connectivity index (χ4v) is 3.94. The first-order chi connectivity index (χ1) is 9.63. The van der Waals surface area contributed by atoms with Gasteiger partial charge in [0.15, 0.2) is 0 Å². The minimum absolute atomic E-state index is 0.236. The van der Waals surface area contributed by atoms with Crippen LogP contribution in [0.1, 0.15) is 19.8 Å². The van der Waals surface area contributed by atoms with Gasteiger partial charge in [0.25, 0.3) is 0 Å². The van der Waals surface area contributed by atoms with E-state index in [0.717, 1.165) is 25.3 Å². The molecule has 0 aliphatic carbocycles. The van der Waals surface area contributed by atoms with Crippen LogP contribution in [0.5, 0.6) is 0 Å². The zero-order chi connectivity index (χ0) is 14.5. The van der Waals surface area contributed by atoms with Crippen molar-refractivity contribution in [2.24, 2.45) is 0 Å². The van der Waals surface area contributed by atoms with E-state index >= 15 is 0 Å². The molecule has 2 N–H and O–H groups in total. The molecule has 6 nitrogen and oxygen atoms in total. The van der Waals surface area contributed by atoms with Crippen molar-refractivity contribution in [3.8, 4) is 0 Å². The van der Waals surface area contributed by atoms with Gasteiger partial charge in [-0.05, 0) is 25.9 Å². The van der Waals surface area contributed by atoms with Crippen LogP contribution in [0.4, 0.5) is 4.79 Å². The van der Waals surface area contributed by atoms with Crippen LogP contribution < -0.4 is 5.32 Å². The highest BCUT2D eigenvalue weighted by Crippen LogP contribution is 2.18. The van der Waals surface area contributed by atoms with Crippen LogP contribution in [0.3, 0.4) is 0 Å². The molecule has 20 heavy (non-hydrogen) atoms. The van der Waals surface area contributed by atoms with E-state index in [1.54, 1.807) is 11.8 Å². The third-order valence-corrected chi connectivity index (χ3v) is 5.09. The van der Waals surface area contributed by atoms with Gasteiger partial charge in [-0.15, -0.1) is 0 Å². The molecule has 0 aromatic carbocycles. The number of likely N-dealkylation sites (tertiary alicyclic amines) is 1. The SMILES string of the molecule is CCN1CCCC1CNC(=O)N1CCSCC1C(=O)O. The fourth-order valence-electron chi connectivity index (χ4n) is 2.90. The van der Waals surface area contributed by atoms with E-state index in [-0.39, 0.29) is 6.03 Å². The van der Waals surface area contributed by atoms with E-state index in [9.17, 15) is 14.7 Å². The lowest BCUT2D eigenvalue weighted by molar-refractivity contribution is -0.141. The number of aliphatic carboxylic acids is 1. The van der Waals surface area contributed by atoms with Crippen LogP contribution in [-0.4, -0.2) is 76.7 Å². The monoisotopic (exact) mass is 301 g/mol. The minimum Gasteiger partial charge on any atom is -0.480 e. The molecule has 0 aromatic heterocycles. The van der Waals surface area contributed by atoms with Crippen LogP contribution in [0.2, 0.25) is 0 Å². The zero-order valence-corrected chi connectivity index (χ0v) is 12.7. The van der Waals surface area contributed by atoms with Gasteiger partial charge < -0.3 is 15.3 Å². The summed E-state index contributed by atoms with van der Waals surface area (Å²) >= 11 is 1.59. The van der Waals surface area contributed by atoms with Crippen LogP contribution in [0, 0.1) is 0 Å². The largest absolute Gasteiger partial charge is 0.480 e. The Bertz CT molecular complexity index is 367. The summed E-state index contributed by atoms with van der Waals surface area (Å²) in [4.78, 5) is 27.2. The predicted octanol–water partition coefficient (Wildman–Crippen LogP) is 0.682. The average Bonchev–Trinajstić information content (AvgIpc) is 2.92. The second-order valence-corrected chi connectivity index (χ2v) is 6.38. The molecule has 2 aliphatic heterocycles. The Kier molecular flexibility index (Phi) is 5.54. The van der Waals surface area contributed by atoms with Gasteiger partial charge in [0.05, 0.1) is 0 Å². The fraction of sp³-hybridized carbons (Fsp3) is 0.846. The highest BCUT2D eigenvalue weighted by molar-refractivity contribution is 7.99. The quantitative estimate of drug-likeness (QED) is 0.799. The number of nitrogens with zero attached hydrogens (tertiary/aromatic N) is 2. The summed E-state index contributed by atoms with van der Waals surface area (Å²) in [5.41, 5.74) is 0. The highest BCUT2D eigenvalue weighted by atomic mass is 32.2. The smallest absolute Gasteiger partial charge is 0.327 e. The van der Waals surface area contributed by atoms with Crippen molar-refractivity contribution < 1.29 is 14.7 Å². The maximum absolute atomic E-state index is 12.2. The number of thioether (sulfide) groups is 1. The second-order valence-electron chi connectivity index (χ2n) is 5.23. The molecule has 2 aliphatic rings. The Morgan fingerprint density at radius 3 is 2.90 bits per heavy atom. The summed E-state index contributed by atoms with van der Waals surface area (Å²) in [7, 11) is 0. The lowest BCUT2D eigenvalue weighted by atomic mass is 10.2. The highest BCUT2D eigenvalue weighted by Gasteiger charge is 2.33. The van der Waals surface area contributed by atoms with E-state index in [4.69, 9.17) is 0 Å². The average molecular weight is 301 g/mol. The number of urea groups is 1. The standard InChI is InChI=1S/C13H23N3O3S/c1-2-15-5-3-4-10(15)8-14-13(19)16-6-7-20-9-11(16)12(17)18/h10-11H,2-9H2,1H3,(H,14,19)(H,17,18). The van der Waals surface area contributed by atoms with E-state index in [0.29, 0.717) is 24.9 Å². The van der Waals surface area contributed by atoms with Crippen LogP contribution >= 0.6 is 11.8 Å².